The van der Waals surface area contributed by atoms with Crippen LogP contribution < -0.4 is 9.64 Å². The van der Waals surface area contributed by atoms with Gasteiger partial charge >= 0.3 is 6.01 Å². The molecule has 4 aromatic rings. The number of fused-ring (bicyclic) bond motifs is 1. The van der Waals surface area contributed by atoms with E-state index in [0.717, 1.165) is 38.0 Å². The van der Waals surface area contributed by atoms with Crippen molar-refractivity contribution in [2.45, 2.75) is 50.7 Å². The molecule has 0 amide bonds. The molecule has 0 saturated carbocycles. The molecule has 5 heterocycles. The number of hydrogen-bond donors (Lipinski definition) is 0. The lowest BCUT2D eigenvalue weighted by Crippen LogP contribution is -2.38. The number of thiazole rings is 1. The van der Waals surface area contributed by atoms with Gasteiger partial charge < -0.3 is 14.2 Å². The SMILES string of the molecule is CC(C)c1noc(N2CCC([C@H](C)Oc3nc4ncc(-c5ccc(S(C)(=O)=O)nc5)nc4s3)CC2)n1. The first-order valence-electron chi connectivity index (χ1n) is 11.7. The Balaban J connectivity index is 1.22. The second-order valence-electron chi connectivity index (χ2n) is 9.26. The standard InChI is InChI=1S/C23H27N7O4S2/c1-13(2)19-27-22(34-29-19)30-9-7-15(8-10-30)14(3)33-23-28-20-21(35-23)26-17(12-25-20)16-5-6-18(24-11-16)36(4,31)32/h5-6,11-15H,7-10H2,1-4H3/t14-/m0/s1. The molecule has 11 nitrogen and oxygen atoms in total. The molecule has 5 rings (SSSR count). The second kappa shape index (κ2) is 9.69. The van der Waals surface area contributed by atoms with Gasteiger partial charge in [-0.1, -0.05) is 30.3 Å². The maximum Gasteiger partial charge on any atom is 0.324 e. The molecule has 1 saturated heterocycles. The van der Waals surface area contributed by atoms with E-state index in [1.54, 1.807) is 12.3 Å². The third-order valence-electron chi connectivity index (χ3n) is 6.22. The van der Waals surface area contributed by atoms with E-state index in [4.69, 9.17) is 9.26 Å². The van der Waals surface area contributed by atoms with Crippen molar-refractivity contribution in [3.05, 3.63) is 30.4 Å². The van der Waals surface area contributed by atoms with Gasteiger partial charge in [0.15, 0.2) is 31.2 Å². The highest BCUT2D eigenvalue weighted by Crippen LogP contribution is 2.31. The molecule has 0 bridgehead atoms. The molecule has 1 aliphatic heterocycles. The summed E-state index contributed by atoms with van der Waals surface area (Å²) in [7, 11) is -3.36. The highest BCUT2D eigenvalue weighted by atomic mass is 32.2. The Morgan fingerprint density at radius 3 is 2.50 bits per heavy atom. The van der Waals surface area contributed by atoms with Crippen molar-refractivity contribution in [3.8, 4) is 16.5 Å². The fraction of sp³-hybridized carbons (Fsp3) is 0.478. The number of aromatic nitrogens is 6. The number of nitrogens with zero attached hydrogens (tertiary/aromatic N) is 7. The summed E-state index contributed by atoms with van der Waals surface area (Å²) in [5.41, 5.74) is 1.78. The van der Waals surface area contributed by atoms with Crippen LogP contribution in [0.4, 0.5) is 6.01 Å². The Kier molecular flexibility index (Phi) is 6.60. The van der Waals surface area contributed by atoms with E-state index in [2.05, 4.69) is 41.9 Å². The van der Waals surface area contributed by atoms with Gasteiger partial charge in [0.05, 0.1) is 11.9 Å². The molecule has 36 heavy (non-hydrogen) atoms. The van der Waals surface area contributed by atoms with E-state index in [9.17, 15) is 8.42 Å². The monoisotopic (exact) mass is 529 g/mol. The van der Waals surface area contributed by atoms with Gasteiger partial charge in [0.2, 0.25) is 0 Å². The van der Waals surface area contributed by atoms with Crippen molar-refractivity contribution >= 4 is 37.7 Å². The first kappa shape index (κ1) is 24.5. The zero-order chi connectivity index (χ0) is 25.4. The molecule has 190 valence electrons. The van der Waals surface area contributed by atoms with Gasteiger partial charge in [-0.25, -0.2) is 23.4 Å². The van der Waals surface area contributed by atoms with Gasteiger partial charge in [-0.3, -0.25) is 0 Å². The van der Waals surface area contributed by atoms with Crippen molar-refractivity contribution < 1.29 is 17.7 Å². The molecule has 0 N–H and O–H groups in total. The van der Waals surface area contributed by atoms with Crippen molar-refractivity contribution in [1.82, 2.24) is 30.1 Å². The smallest absolute Gasteiger partial charge is 0.324 e. The third kappa shape index (κ3) is 5.16. The van der Waals surface area contributed by atoms with E-state index >= 15 is 0 Å². The van der Waals surface area contributed by atoms with Crippen LogP contribution in [-0.4, -0.2) is 63.9 Å². The minimum atomic E-state index is -3.36. The summed E-state index contributed by atoms with van der Waals surface area (Å²) in [4.78, 5) is 24.8. The largest absolute Gasteiger partial charge is 0.467 e. The van der Waals surface area contributed by atoms with Gasteiger partial charge in [0, 0.05) is 37.0 Å². The summed E-state index contributed by atoms with van der Waals surface area (Å²) >= 11 is 1.34. The topological polar surface area (TPSA) is 137 Å². The van der Waals surface area contributed by atoms with E-state index in [0.29, 0.717) is 38.9 Å². The normalized spacial score (nSPS) is 16.1. The fourth-order valence-electron chi connectivity index (χ4n) is 4.05. The number of piperidine rings is 1. The Hall–Kier alpha value is -3.19. The Morgan fingerprint density at radius 2 is 1.86 bits per heavy atom. The molecule has 4 aromatic heterocycles. The van der Waals surface area contributed by atoms with Gasteiger partial charge in [-0.05, 0) is 37.8 Å². The number of pyridine rings is 1. The van der Waals surface area contributed by atoms with Crippen LogP contribution in [0.3, 0.4) is 0 Å². The number of rotatable bonds is 7. The average Bonchev–Trinajstić information content (AvgIpc) is 3.50. The van der Waals surface area contributed by atoms with Crippen LogP contribution in [0.15, 0.2) is 34.1 Å². The lowest BCUT2D eigenvalue weighted by atomic mass is 9.92. The molecule has 0 unspecified atom stereocenters. The fourth-order valence-corrected chi connectivity index (χ4v) is 5.44. The quantitative estimate of drug-likeness (QED) is 0.346. The Morgan fingerprint density at radius 1 is 1.08 bits per heavy atom. The summed E-state index contributed by atoms with van der Waals surface area (Å²) in [6, 6.07) is 3.72. The Labute approximate surface area is 212 Å². The molecule has 0 aromatic carbocycles. The van der Waals surface area contributed by atoms with E-state index in [1.165, 1.54) is 23.6 Å². The molecule has 1 atom stereocenters. The second-order valence-corrected chi connectivity index (χ2v) is 12.2. The van der Waals surface area contributed by atoms with Crippen LogP contribution in [-0.2, 0) is 9.84 Å². The van der Waals surface area contributed by atoms with Gasteiger partial charge in [0.1, 0.15) is 6.10 Å². The van der Waals surface area contributed by atoms with Gasteiger partial charge in [0.25, 0.3) is 5.19 Å². The molecule has 1 aliphatic rings. The number of anilines is 1. The van der Waals surface area contributed by atoms with E-state index in [-0.39, 0.29) is 17.0 Å². The highest BCUT2D eigenvalue weighted by Gasteiger charge is 2.28. The van der Waals surface area contributed by atoms with Crippen LogP contribution in [0.2, 0.25) is 0 Å². The van der Waals surface area contributed by atoms with Crippen molar-refractivity contribution in [3.63, 3.8) is 0 Å². The molecular weight excluding hydrogens is 502 g/mol. The lowest BCUT2D eigenvalue weighted by Gasteiger charge is -2.33. The van der Waals surface area contributed by atoms with Crippen molar-refractivity contribution in [2.24, 2.45) is 5.92 Å². The minimum Gasteiger partial charge on any atom is -0.467 e. The van der Waals surface area contributed by atoms with E-state index < -0.39 is 9.84 Å². The number of ether oxygens (including phenoxy) is 1. The molecular formula is C23H27N7O4S2. The van der Waals surface area contributed by atoms with Crippen LogP contribution in [0.1, 0.15) is 45.4 Å². The van der Waals surface area contributed by atoms with Crippen LogP contribution in [0.25, 0.3) is 21.7 Å². The first-order chi connectivity index (χ1) is 17.2. The number of hydrogen-bond acceptors (Lipinski definition) is 12. The van der Waals surface area contributed by atoms with E-state index in [1.807, 2.05) is 13.8 Å². The average molecular weight is 530 g/mol. The zero-order valence-corrected chi connectivity index (χ0v) is 22.1. The highest BCUT2D eigenvalue weighted by molar-refractivity contribution is 7.90. The Bertz CT molecular complexity index is 1460. The molecule has 0 spiro atoms. The maximum absolute atomic E-state index is 11.6. The molecule has 0 aliphatic carbocycles. The van der Waals surface area contributed by atoms with Crippen molar-refractivity contribution in [1.29, 1.82) is 0 Å². The predicted molar refractivity (Wildman–Crippen MR) is 135 cm³/mol. The molecule has 0 radical (unpaired) electrons. The number of sulfone groups is 1. The van der Waals surface area contributed by atoms with Crippen LogP contribution in [0, 0.1) is 5.92 Å². The van der Waals surface area contributed by atoms with Crippen LogP contribution >= 0.6 is 11.3 Å². The van der Waals surface area contributed by atoms with Gasteiger partial charge in [-0.2, -0.15) is 9.97 Å². The molecule has 1 fully saturated rings. The van der Waals surface area contributed by atoms with Crippen LogP contribution in [0.5, 0.6) is 5.19 Å². The summed E-state index contributed by atoms with van der Waals surface area (Å²) in [5, 5.41) is 4.61. The minimum absolute atomic E-state index is 0.0194. The summed E-state index contributed by atoms with van der Waals surface area (Å²) in [6.45, 7) is 7.82. The zero-order valence-electron chi connectivity index (χ0n) is 20.4. The van der Waals surface area contributed by atoms with Crippen molar-refractivity contribution in [2.75, 3.05) is 24.2 Å². The predicted octanol–water partition coefficient (Wildman–Crippen LogP) is 3.74. The molecule has 13 heteroatoms. The lowest BCUT2D eigenvalue weighted by molar-refractivity contribution is 0.131. The third-order valence-corrected chi connectivity index (χ3v) is 8.05. The first-order valence-corrected chi connectivity index (χ1v) is 14.4. The van der Waals surface area contributed by atoms with Gasteiger partial charge in [-0.15, -0.1) is 0 Å². The summed E-state index contributed by atoms with van der Waals surface area (Å²) < 4.78 is 34.9. The summed E-state index contributed by atoms with van der Waals surface area (Å²) in [6.07, 6.45) is 6.08. The summed E-state index contributed by atoms with van der Waals surface area (Å²) in [5.74, 6) is 1.34. The maximum atomic E-state index is 11.6.